The van der Waals surface area contributed by atoms with Crippen molar-refractivity contribution in [1.29, 1.82) is 0 Å². The molecule has 0 N–H and O–H groups in total. The minimum Gasteiger partial charge on any atom is -0.465 e. The van der Waals surface area contributed by atoms with Gasteiger partial charge in [0, 0.05) is 18.4 Å². The second-order valence-electron chi connectivity index (χ2n) is 5.44. The molecule has 0 unspecified atom stereocenters. The van der Waals surface area contributed by atoms with Crippen LogP contribution in [0.5, 0.6) is 0 Å². The number of rotatable bonds is 5. The van der Waals surface area contributed by atoms with Crippen LogP contribution in [0.15, 0.2) is 33.8 Å². The molecule has 1 amide bonds. The fourth-order valence-electron chi connectivity index (χ4n) is 2.41. The van der Waals surface area contributed by atoms with Gasteiger partial charge in [0.15, 0.2) is 10.5 Å². The van der Waals surface area contributed by atoms with E-state index in [1.165, 1.54) is 18.4 Å². The Bertz CT molecular complexity index is 1030. The molecular formula is C17H17N3O4S2. The van der Waals surface area contributed by atoms with Gasteiger partial charge in [0.1, 0.15) is 5.76 Å². The van der Waals surface area contributed by atoms with E-state index in [4.69, 9.17) is 9.26 Å². The summed E-state index contributed by atoms with van der Waals surface area (Å²) in [6, 6.07) is 6.87. The van der Waals surface area contributed by atoms with Crippen molar-refractivity contribution in [3.63, 3.8) is 0 Å². The van der Waals surface area contributed by atoms with Crippen LogP contribution in [0.4, 0.5) is 0 Å². The first kappa shape index (κ1) is 18.4. The summed E-state index contributed by atoms with van der Waals surface area (Å²) in [5, 5.41) is 3.72. The summed E-state index contributed by atoms with van der Waals surface area (Å²) in [7, 11) is 1.35. The van der Waals surface area contributed by atoms with Gasteiger partial charge in [-0.05, 0) is 31.4 Å². The van der Waals surface area contributed by atoms with Gasteiger partial charge in [-0.2, -0.15) is 16.8 Å². The van der Waals surface area contributed by atoms with E-state index < -0.39 is 11.9 Å². The van der Waals surface area contributed by atoms with Gasteiger partial charge < -0.3 is 13.8 Å². The molecule has 3 aromatic rings. The van der Waals surface area contributed by atoms with Crippen LogP contribution in [0.25, 0.3) is 10.2 Å². The highest BCUT2D eigenvalue weighted by Gasteiger charge is 2.14. The number of nitrogens with zero attached hydrogens (tertiary/aromatic N) is 3. The van der Waals surface area contributed by atoms with Crippen molar-refractivity contribution in [2.45, 2.75) is 13.5 Å². The zero-order valence-corrected chi connectivity index (χ0v) is 16.1. The van der Waals surface area contributed by atoms with Crippen molar-refractivity contribution in [2.75, 3.05) is 19.1 Å². The monoisotopic (exact) mass is 391 g/mol. The third-order valence-electron chi connectivity index (χ3n) is 3.67. The number of hydrogen-bond donors (Lipinski definition) is 0. The fourth-order valence-corrected chi connectivity index (χ4v) is 3.87. The van der Waals surface area contributed by atoms with Crippen molar-refractivity contribution < 1.29 is 18.8 Å². The fraction of sp³-hybridized carbons (Fsp3) is 0.294. The highest BCUT2D eigenvalue weighted by atomic mass is 32.2. The van der Waals surface area contributed by atoms with Crippen molar-refractivity contribution >= 4 is 45.2 Å². The molecule has 0 spiro atoms. The second-order valence-corrected chi connectivity index (χ2v) is 7.44. The van der Waals surface area contributed by atoms with Gasteiger partial charge in [0.25, 0.3) is 0 Å². The zero-order valence-electron chi connectivity index (χ0n) is 14.5. The summed E-state index contributed by atoms with van der Waals surface area (Å²) in [6.07, 6.45) is 2.02. The maximum absolute atomic E-state index is 12.4. The number of aryl methyl sites for hydroxylation is 2. The van der Waals surface area contributed by atoms with E-state index in [1.54, 1.807) is 36.9 Å². The number of methoxy groups -OCH3 is 1. The number of aromatic nitrogens is 2. The van der Waals surface area contributed by atoms with Crippen molar-refractivity contribution in [3.8, 4) is 0 Å². The largest absolute Gasteiger partial charge is 0.465 e. The van der Waals surface area contributed by atoms with Crippen LogP contribution < -0.4 is 4.80 Å². The average Bonchev–Trinajstić information content (AvgIpc) is 3.22. The molecular weight excluding hydrogens is 374 g/mol. The predicted octanol–water partition coefficient (Wildman–Crippen LogP) is 2.89. The molecule has 2 aromatic heterocycles. The number of hydrogen-bond acceptors (Lipinski definition) is 7. The number of fused-ring (bicyclic) bond motifs is 1. The molecule has 0 radical (unpaired) electrons. The number of thioether (sulfide) groups is 1. The lowest BCUT2D eigenvalue weighted by Crippen LogP contribution is -2.18. The first-order valence-electron chi connectivity index (χ1n) is 7.76. The Morgan fingerprint density at radius 3 is 2.85 bits per heavy atom. The van der Waals surface area contributed by atoms with E-state index in [9.17, 15) is 9.59 Å². The average molecular weight is 391 g/mol. The number of benzene rings is 1. The molecule has 26 heavy (non-hydrogen) atoms. The number of ether oxygens (including phenoxy) is 1. The Labute approximate surface area is 157 Å². The molecule has 0 aliphatic heterocycles. The summed E-state index contributed by atoms with van der Waals surface area (Å²) < 4.78 is 12.5. The summed E-state index contributed by atoms with van der Waals surface area (Å²) in [5.74, 6) is 0.565. The SMILES string of the molecule is COC(=O)c1ccc2c(c1)sc(=NC(=O)c1cc(C)on1)n2CCSC. The molecule has 7 nitrogen and oxygen atoms in total. The minimum atomic E-state index is -0.459. The van der Waals surface area contributed by atoms with Crippen LogP contribution in [-0.4, -0.2) is 40.7 Å². The van der Waals surface area contributed by atoms with Gasteiger partial charge in [0.2, 0.25) is 0 Å². The van der Waals surface area contributed by atoms with Crippen LogP contribution in [0.2, 0.25) is 0 Å². The molecule has 0 atom stereocenters. The van der Waals surface area contributed by atoms with Gasteiger partial charge >= 0.3 is 11.9 Å². The Balaban J connectivity index is 2.11. The molecule has 136 valence electrons. The van der Waals surface area contributed by atoms with Crippen molar-refractivity contribution in [2.24, 2.45) is 4.99 Å². The summed E-state index contributed by atoms with van der Waals surface area (Å²) in [6.45, 7) is 2.42. The van der Waals surface area contributed by atoms with Crippen molar-refractivity contribution in [1.82, 2.24) is 9.72 Å². The molecule has 1 aromatic carbocycles. The normalized spacial score (nSPS) is 11.9. The Morgan fingerprint density at radius 1 is 1.38 bits per heavy atom. The Morgan fingerprint density at radius 2 is 2.19 bits per heavy atom. The molecule has 0 saturated carbocycles. The van der Waals surface area contributed by atoms with E-state index in [-0.39, 0.29) is 5.69 Å². The Kier molecular flexibility index (Phi) is 5.58. The molecule has 9 heteroatoms. The maximum Gasteiger partial charge on any atom is 0.337 e. The van der Waals surface area contributed by atoms with E-state index >= 15 is 0 Å². The number of carbonyl (C=O) groups is 2. The summed E-state index contributed by atoms with van der Waals surface area (Å²) >= 11 is 3.05. The molecule has 0 saturated heterocycles. The van der Waals surface area contributed by atoms with Gasteiger partial charge in [0.05, 0.1) is 22.9 Å². The van der Waals surface area contributed by atoms with Crippen LogP contribution in [0.1, 0.15) is 26.6 Å². The van der Waals surface area contributed by atoms with Gasteiger partial charge in [-0.1, -0.05) is 16.5 Å². The molecule has 0 fully saturated rings. The van der Waals surface area contributed by atoms with E-state index in [0.29, 0.717) is 22.7 Å². The summed E-state index contributed by atoms with van der Waals surface area (Å²) in [4.78, 5) is 28.9. The minimum absolute atomic E-state index is 0.173. The van der Waals surface area contributed by atoms with E-state index in [0.717, 1.165) is 16.0 Å². The molecule has 0 aliphatic carbocycles. The highest BCUT2D eigenvalue weighted by molar-refractivity contribution is 7.98. The highest BCUT2D eigenvalue weighted by Crippen LogP contribution is 2.20. The Hall–Kier alpha value is -2.39. The van der Waals surface area contributed by atoms with Gasteiger partial charge in [-0.15, -0.1) is 0 Å². The molecule has 0 aliphatic rings. The number of carbonyl (C=O) groups excluding carboxylic acids is 2. The molecule has 3 rings (SSSR count). The third kappa shape index (κ3) is 3.73. The smallest absolute Gasteiger partial charge is 0.337 e. The summed E-state index contributed by atoms with van der Waals surface area (Å²) in [5.41, 5.74) is 1.55. The number of amides is 1. The zero-order chi connectivity index (χ0) is 18.7. The van der Waals surface area contributed by atoms with Crippen LogP contribution in [0.3, 0.4) is 0 Å². The van der Waals surface area contributed by atoms with Gasteiger partial charge in [-0.3, -0.25) is 4.79 Å². The quantitative estimate of drug-likeness (QED) is 0.622. The second kappa shape index (κ2) is 7.88. The maximum atomic E-state index is 12.4. The lowest BCUT2D eigenvalue weighted by atomic mass is 10.2. The lowest BCUT2D eigenvalue weighted by molar-refractivity contribution is 0.0601. The van der Waals surface area contributed by atoms with Crippen molar-refractivity contribution in [3.05, 3.63) is 46.1 Å². The number of esters is 1. The molecule has 0 bridgehead atoms. The predicted molar refractivity (Wildman–Crippen MR) is 101 cm³/mol. The van der Waals surface area contributed by atoms with Crippen LogP contribution in [0, 0.1) is 6.92 Å². The first-order chi connectivity index (χ1) is 12.5. The molecule has 2 heterocycles. The van der Waals surface area contributed by atoms with Crippen LogP contribution >= 0.6 is 23.1 Å². The topological polar surface area (TPSA) is 86.7 Å². The number of thiazole rings is 1. The standard InChI is InChI=1S/C17H17N3O4S2/c1-10-8-12(19-24-10)15(21)18-17-20(6-7-25-3)13-5-4-11(16(22)23-2)9-14(13)26-17/h4-5,8-9H,6-7H2,1-3H3. The van der Waals surface area contributed by atoms with Gasteiger partial charge in [-0.25, -0.2) is 4.79 Å². The van der Waals surface area contributed by atoms with E-state index in [2.05, 4.69) is 10.1 Å². The van der Waals surface area contributed by atoms with E-state index in [1.807, 2.05) is 16.9 Å². The lowest BCUT2D eigenvalue weighted by Gasteiger charge is -2.04. The first-order valence-corrected chi connectivity index (χ1v) is 9.97. The van der Waals surface area contributed by atoms with Crippen LogP contribution in [-0.2, 0) is 11.3 Å². The third-order valence-corrected chi connectivity index (χ3v) is 5.30.